The predicted octanol–water partition coefficient (Wildman–Crippen LogP) is 3.96. The number of ketones is 1. The van der Waals surface area contributed by atoms with Crippen molar-refractivity contribution < 1.29 is 9.53 Å². The van der Waals surface area contributed by atoms with Crippen LogP contribution in [0.2, 0.25) is 0 Å². The van der Waals surface area contributed by atoms with Crippen molar-refractivity contribution in [1.82, 2.24) is 0 Å². The van der Waals surface area contributed by atoms with Crippen LogP contribution in [0.4, 0.5) is 0 Å². The zero-order valence-electron chi connectivity index (χ0n) is 12.3. The van der Waals surface area contributed by atoms with Gasteiger partial charge in [-0.15, -0.1) is 0 Å². The molecule has 0 saturated heterocycles. The van der Waals surface area contributed by atoms with Crippen LogP contribution in [0.15, 0.2) is 18.2 Å². The van der Waals surface area contributed by atoms with Crippen molar-refractivity contribution in [3.05, 3.63) is 29.3 Å². The van der Waals surface area contributed by atoms with E-state index in [9.17, 15) is 4.79 Å². The monoisotopic (exact) mass is 271 g/mol. The van der Waals surface area contributed by atoms with Crippen LogP contribution < -0.4 is 4.74 Å². The quantitative estimate of drug-likeness (QED) is 0.782. The molecule has 0 amide bonds. The third-order valence-electron chi connectivity index (χ3n) is 3.92. The molecule has 0 bridgehead atoms. The SMILES string of the molecule is CC(=O)c1ccc(C#N)cc1OC1CC(C)CC(C)C1. The maximum absolute atomic E-state index is 11.7. The minimum Gasteiger partial charge on any atom is -0.490 e. The van der Waals surface area contributed by atoms with E-state index < -0.39 is 0 Å². The number of benzene rings is 1. The first-order chi connectivity index (χ1) is 9.49. The molecule has 0 radical (unpaired) electrons. The van der Waals surface area contributed by atoms with E-state index in [2.05, 4.69) is 19.9 Å². The van der Waals surface area contributed by atoms with Gasteiger partial charge in [0.1, 0.15) is 5.75 Å². The number of Topliss-reactive ketones (excluding diaryl/α,β-unsaturated/α-hetero) is 1. The molecule has 1 fully saturated rings. The Hall–Kier alpha value is -1.82. The lowest BCUT2D eigenvalue weighted by Gasteiger charge is -2.32. The fourth-order valence-corrected chi connectivity index (χ4v) is 3.13. The molecule has 1 aromatic carbocycles. The third-order valence-corrected chi connectivity index (χ3v) is 3.92. The first-order valence-electron chi connectivity index (χ1n) is 7.21. The van der Waals surface area contributed by atoms with Gasteiger partial charge in [-0.1, -0.05) is 13.8 Å². The fourth-order valence-electron chi connectivity index (χ4n) is 3.13. The minimum absolute atomic E-state index is 0.0265. The normalized spacial score (nSPS) is 25.8. The van der Waals surface area contributed by atoms with Crippen LogP contribution in [-0.4, -0.2) is 11.9 Å². The van der Waals surface area contributed by atoms with E-state index in [0.29, 0.717) is 28.7 Å². The van der Waals surface area contributed by atoms with Gasteiger partial charge in [0.05, 0.1) is 23.3 Å². The van der Waals surface area contributed by atoms with E-state index in [1.165, 1.54) is 13.3 Å². The average Bonchev–Trinajstić information content (AvgIpc) is 2.37. The van der Waals surface area contributed by atoms with E-state index in [1.54, 1.807) is 18.2 Å². The highest BCUT2D eigenvalue weighted by molar-refractivity contribution is 5.97. The van der Waals surface area contributed by atoms with E-state index in [-0.39, 0.29) is 11.9 Å². The number of carbonyl (C=O) groups is 1. The topological polar surface area (TPSA) is 50.1 Å². The Morgan fingerprint density at radius 2 is 1.90 bits per heavy atom. The second-order valence-electron chi connectivity index (χ2n) is 6.04. The molecule has 3 nitrogen and oxygen atoms in total. The van der Waals surface area contributed by atoms with Gasteiger partial charge in [0.15, 0.2) is 5.78 Å². The summed E-state index contributed by atoms with van der Waals surface area (Å²) in [6.07, 6.45) is 3.40. The Morgan fingerprint density at radius 3 is 2.45 bits per heavy atom. The second kappa shape index (κ2) is 6.09. The maximum atomic E-state index is 11.7. The van der Waals surface area contributed by atoms with E-state index >= 15 is 0 Å². The molecule has 0 N–H and O–H groups in total. The van der Waals surface area contributed by atoms with Gasteiger partial charge < -0.3 is 4.74 Å². The van der Waals surface area contributed by atoms with Gasteiger partial charge in [0.25, 0.3) is 0 Å². The Bertz CT molecular complexity index is 534. The van der Waals surface area contributed by atoms with Crippen molar-refractivity contribution in [1.29, 1.82) is 5.26 Å². The van der Waals surface area contributed by atoms with Crippen LogP contribution in [-0.2, 0) is 0 Å². The van der Waals surface area contributed by atoms with Crippen LogP contribution in [0.1, 0.15) is 56.0 Å². The zero-order valence-corrected chi connectivity index (χ0v) is 12.3. The summed E-state index contributed by atoms with van der Waals surface area (Å²) in [5, 5.41) is 8.99. The highest BCUT2D eigenvalue weighted by atomic mass is 16.5. The lowest BCUT2D eigenvalue weighted by Crippen LogP contribution is -2.29. The molecular weight excluding hydrogens is 250 g/mol. The van der Waals surface area contributed by atoms with Gasteiger partial charge in [0.2, 0.25) is 0 Å². The summed E-state index contributed by atoms with van der Waals surface area (Å²) in [5.41, 5.74) is 1.09. The Kier molecular flexibility index (Phi) is 4.44. The van der Waals surface area contributed by atoms with Gasteiger partial charge in [0, 0.05) is 0 Å². The molecule has 2 unspecified atom stereocenters. The molecule has 1 aliphatic carbocycles. The Balaban J connectivity index is 2.23. The van der Waals surface area contributed by atoms with E-state index in [0.717, 1.165) is 12.8 Å². The molecule has 1 aromatic rings. The summed E-state index contributed by atoms with van der Waals surface area (Å²) in [4.78, 5) is 11.7. The first-order valence-corrected chi connectivity index (χ1v) is 7.21. The smallest absolute Gasteiger partial charge is 0.163 e. The Labute approximate surface area is 120 Å². The van der Waals surface area contributed by atoms with Crippen LogP contribution in [0, 0.1) is 23.2 Å². The van der Waals surface area contributed by atoms with E-state index in [4.69, 9.17) is 10.00 Å². The lowest BCUT2D eigenvalue weighted by atomic mass is 9.82. The molecule has 1 saturated carbocycles. The van der Waals surface area contributed by atoms with Gasteiger partial charge in [-0.3, -0.25) is 4.79 Å². The van der Waals surface area contributed by atoms with Crippen molar-refractivity contribution >= 4 is 5.78 Å². The molecule has 106 valence electrons. The fraction of sp³-hybridized carbons (Fsp3) is 0.529. The molecule has 1 aliphatic rings. The predicted molar refractivity (Wildman–Crippen MR) is 77.8 cm³/mol. The minimum atomic E-state index is -0.0265. The first kappa shape index (κ1) is 14.6. The van der Waals surface area contributed by atoms with Gasteiger partial charge in [-0.25, -0.2) is 0 Å². The zero-order chi connectivity index (χ0) is 14.7. The third kappa shape index (κ3) is 3.39. The van der Waals surface area contributed by atoms with Crippen molar-refractivity contribution in [2.75, 3.05) is 0 Å². The molecule has 2 rings (SSSR count). The summed E-state index contributed by atoms with van der Waals surface area (Å²) in [6.45, 7) is 6.01. The largest absolute Gasteiger partial charge is 0.490 e. The van der Waals surface area contributed by atoms with Crippen LogP contribution >= 0.6 is 0 Å². The highest BCUT2D eigenvalue weighted by Crippen LogP contribution is 2.32. The van der Waals surface area contributed by atoms with Crippen LogP contribution in [0.5, 0.6) is 5.75 Å². The molecule has 0 aromatic heterocycles. The van der Waals surface area contributed by atoms with Gasteiger partial charge >= 0.3 is 0 Å². The number of nitriles is 1. The van der Waals surface area contributed by atoms with E-state index in [1.807, 2.05) is 0 Å². The summed E-state index contributed by atoms with van der Waals surface area (Å²) >= 11 is 0. The summed E-state index contributed by atoms with van der Waals surface area (Å²) < 4.78 is 6.06. The molecule has 0 aliphatic heterocycles. The Morgan fingerprint density at radius 1 is 1.25 bits per heavy atom. The summed E-state index contributed by atoms with van der Waals surface area (Å²) in [7, 11) is 0. The van der Waals surface area contributed by atoms with Crippen molar-refractivity contribution in [2.45, 2.75) is 46.1 Å². The van der Waals surface area contributed by atoms with Crippen molar-refractivity contribution in [3.8, 4) is 11.8 Å². The molecule has 0 spiro atoms. The van der Waals surface area contributed by atoms with Crippen molar-refractivity contribution in [2.24, 2.45) is 11.8 Å². The molecule has 0 heterocycles. The number of carbonyl (C=O) groups excluding carboxylic acids is 1. The highest BCUT2D eigenvalue weighted by Gasteiger charge is 2.26. The summed E-state index contributed by atoms with van der Waals surface area (Å²) in [6, 6.07) is 7.13. The molecule has 20 heavy (non-hydrogen) atoms. The molecule has 2 atom stereocenters. The number of rotatable bonds is 3. The van der Waals surface area contributed by atoms with Gasteiger partial charge in [-0.2, -0.15) is 5.26 Å². The van der Waals surface area contributed by atoms with Crippen LogP contribution in [0.25, 0.3) is 0 Å². The standard InChI is InChI=1S/C17H21NO2/c1-11-6-12(2)8-15(7-11)20-17-9-14(10-18)4-5-16(17)13(3)19/h4-5,9,11-12,15H,6-8H2,1-3H3. The van der Waals surface area contributed by atoms with Gasteiger partial charge in [-0.05, 0) is 56.2 Å². The van der Waals surface area contributed by atoms with Crippen LogP contribution in [0.3, 0.4) is 0 Å². The number of hydrogen-bond acceptors (Lipinski definition) is 3. The number of ether oxygens (including phenoxy) is 1. The average molecular weight is 271 g/mol. The number of nitrogens with zero attached hydrogens (tertiary/aromatic N) is 1. The molecular formula is C17H21NO2. The lowest BCUT2D eigenvalue weighted by molar-refractivity contribution is 0.0941. The second-order valence-corrected chi connectivity index (χ2v) is 6.04. The maximum Gasteiger partial charge on any atom is 0.163 e. The number of hydrogen-bond donors (Lipinski definition) is 0. The summed E-state index contributed by atoms with van der Waals surface area (Å²) in [5.74, 6) is 1.82. The van der Waals surface area contributed by atoms with Crippen molar-refractivity contribution in [3.63, 3.8) is 0 Å². The molecule has 3 heteroatoms.